The predicted octanol–water partition coefficient (Wildman–Crippen LogP) is 3.01. The lowest BCUT2D eigenvalue weighted by Crippen LogP contribution is -2.17. The Labute approximate surface area is 154 Å². The van der Waals surface area contributed by atoms with E-state index in [1.54, 1.807) is 31.2 Å². The lowest BCUT2D eigenvalue weighted by Gasteiger charge is -2.06. The van der Waals surface area contributed by atoms with E-state index in [0.29, 0.717) is 16.9 Å². The van der Waals surface area contributed by atoms with Crippen molar-refractivity contribution < 1.29 is 13.0 Å². The van der Waals surface area contributed by atoms with E-state index >= 15 is 0 Å². The normalized spacial score (nSPS) is 11.6. The van der Waals surface area contributed by atoms with Gasteiger partial charge in [0.15, 0.2) is 5.69 Å². The largest absolute Gasteiger partial charge is 0.299 e. The first-order chi connectivity index (χ1) is 12.8. The third-order valence-electron chi connectivity index (χ3n) is 3.71. The van der Waals surface area contributed by atoms with Crippen molar-refractivity contribution in [3.8, 4) is 11.8 Å². The number of nitriles is 1. The summed E-state index contributed by atoms with van der Waals surface area (Å²) in [4.78, 5) is 12.3. The van der Waals surface area contributed by atoms with E-state index in [4.69, 9.17) is 5.26 Å². The topological polar surface area (TPSA) is 141 Å². The van der Waals surface area contributed by atoms with Crippen LogP contribution < -0.4 is 5.56 Å². The van der Waals surface area contributed by atoms with Gasteiger partial charge in [0, 0.05) is 0 Å². The maximum Gasteiger partial charge on any atom is 0.299 e. The number of H-pyrrole nitrogens is 1. The van der Waals surface area contributed by atoms with Crippen LogP contribution in [0.1, 0.15) is 11.3 Å². The van der Waals surface area contributed by atoms with Gasteiger partial charge >= 0.3 is 0 Å². The molecule has 1 aromatic heterocycles. The molecule has 0 saturated heterocycles. The molecule has 0 aliphatic heterocycles. The molecule has 0 amide bonds. The third-order valence-corrected chi connectivity index (χ3v) is 4.61. The van der Waals surface area contributed by atoms with Crippen LogP contribution in [0.5, 0.6) is 0 Å². The second-order valence-corrected chi connectivity index (χ2v) is 6.89. The molecule has 0 saturated carbocycles. The minimum Gasteiger partial charge on any atom is -0.293 e. The van der Waals surface area contributed by atoms with E-state index in [1.165, 1.54) is 24.3 Å². The summed E-state index contributed by atoms with van der Waals surface area (Å²) in [5.41, 5.74) is 0.182. The smallest absolute Gasteiger partial charge is 0.293 e. The first kappa shape index (κ1) is 18.2. The molecule has 0 atom stereocenters. The van der Waals surface area contributed by atoms with Crippen LogP contribution in [0.2, 0.25) is 0 Å². The Morgan fingerprint density at radius 1 is 1.11 bits per heavy atom. The molecule has 3 rings (SSSR count). The van der Waals surface area contributed by atoms with Gasteiger partial charge in [0.05, 0.1) is 16.9 Å². The molecular weight excluding hydrogens is 370 g/mol. The predicted molar refractivity (Wildman–Crippen MR) is 96.3 cm³/mol. The van der Waals surface area contributed by atoms with Crippen molar-refractivity contribution in [1.29, 1.82) is 5.26 Å². The van der Waals surface area contributed by atoms with Gasteiger partial charge in [-0.3, -0.25) is 14.4 Å². The summed E-state index contributed by atoms with van der Waals surface area (Å²) in [5, 5.41) is 19.7. The molecule has 0 radical (unpaired) electrons. The highest BCUT2D eigenvalue weighted by Gasteiger charge is 2.20. The van der Waals surface area contributed by atoms with E-state index in [-0.39, 0.29) is 11.4 Å². The number of nitrogens with zero attached hydrogens (tertiary/aromatic N) is 4. The van der Waals surface area contributed by atoms with Crippen molar-refractivity contribution in [2.24, 2.45) is 10.2 Å². The summed E-state index contributed by atoms with van der Waals surface area (Å²) in [6.07, 6.45) is 0. The van der Waals surface area contributed by atoms with Crippen molar-refractivity contribution in [1.82, 2.24) is 9.78 Å². The zero-order valence-electron chi connectivity index (χ0n) is 14.0. The SMILES string of the molecule is Cc1[nH]n(-c2ccccc2S(=O)(=O)O)c(=O)c1N=Nc1ccccc1C#N. The number of aromatic amines is 1. The second kappa shape index (κ2) is 6.99. The standard InChI is InChI=1S/C17H13N5O4S/c1-11-16(20-19-13-7-3-2-6-12(13)10-18)17(23)22(21-11)14-8-4-5-9-15(14)27(24,25)26/h2-9,21H,1H3,(H,24,25,26). The Kier molecular flexibility index (Phi) is 4.72. The average Bonchev–Trinajstić information content (AvgIpc) is 2.93. The van der Waals surface area contributed by atoms with Crippen LogP contribution in [0.4, 0.5) is 11.4 Å². The quantitative estimate of drug-likeness (QED) is 0.526. The number of aryl methyl sites for hydroxylation is 1. The first-order valence-corrected chi connectivity index (χ1v) is 9.06. The number of hydrogen-bond acceptors (Lipinski definition) is 6. The molecule has 9 nitrogen and oxygen atoms in total. The number of para-hydroxylation sites is 1. The zero-order valence-corrected chi connectivity index (χ0v) is 14.8. The van der Waals surface area contributed by atoms with E-state index in [9.17, 15) is 17.8 Å². The molecule has 0 aliphatic rings. The Hall–Kier alpha value is -3.55. The van der Waals surface area contributed by atoms with Crippen molar-refractivity contribution in [2.75, 3.05) is 0 Å². The monoisotopic (exact) mass is 383 g/mol. The summed E-state index contributed by atoms with van der Waals surface area (Å²) in [5.74, 6) is 0. The molecule has 0 bridgehead atoms. The molecule has 27 heavy (non-hydrogen) atoms. The maximum atomic E-state index is 12.7. The van der Waals surface area contributed by atoms with Crippen molar-refractivity contribution in [3.63, 3.8) is 0 Å². The summed E-state index contributed by atoms with van der Waals surface area (Å²) in [6.45, 7) is 1.57. The third kappa shape index (κ3) is 3.55. The summed E-state index contributed by atoms with van der Waals surface area (Å²) in [6, 6.07) is 14.0. The molecule has 10 heteroatoms. The molecule has 2 aromatic carbocycles. The zero-order chi connectivity index (χ0) is 19.6. The maximum absolute atomic E-state index is 12.7. The van der Waals surface area contributed by atoms with Gasteiger partial charge in [-0.1, -0.05) is 24.3 Å². The summed E-state index contributed by atoms with van der Waals surface area (Å²) < 4.78 is 33.5. The molecular formula is C17H13N5O4S. The van der Waals surface area contributed by atoms with E-state index < -0.39 is 20.6 Å². The minimum atomic E-state index is -4.54. The lowest BCUT2D eigenvalue weighted by molar-refractivity contribution is 0.482. The van der Waals surface area contributed by atoms with Crippen molar-refractivity contribution >= 4 is 21.5 Å². The minimum absolute atomic E-state index is 0.0483. The molecule has 0 unspecified atom stereocenters. The molecule has 136 valence electrons. The molecule has 3 aromatic rings. The molecule has 1 heterocycles. The van der Waals surface area contributed by atoms with Crippen LogP contribution >= 0.6 is 0 Å². The van der Waals surface area contributed by atoms with Crippen LogP contribution in [-0.4, -0.2) is 22.8 Å². The number of nitrogens with one attached hydrogen (secondary N) is 1. The molecule has 0 aliphatic carbocycles. The molecule has 2 N–H and O–H groups in total. The Morgan fingerprint density at radius 3 is 2.48 bits per heavy atom. The lowest BCUT2D eigenvalue weighted by atomic mass is 10.2. The second-order valence-electron chi connectivity index (χ2n) is 5.50. The highest BCUT2D eigenvalue weighted by atomic mass is 32.2. The Bertz CT molecular complexity index is 1250. The number of aromatic nitrogens is 2. The van der Waals surface area contributed by atoms with Gasteiger partial charge in [0.25, 0.3) is 15.7 Å². The summed E-state index contributed by atoms with van der Waals surface area (Å²) >= 11 is 0. The highest BCUT2D eigenvalue weighted by Crippen LogP contribution is 2.23. The van der Waals surface area contributed by atoms with Gasteiger partial charge in [-0.25, -0.2) is 4.68 Å². The fourth-order valence-electron chi connectivity index (χ4n) is 2.44. The van der Waals surface area contributed by atoms with Crippen LogP contribution in [-0.2, 0) is 10.1 Å². The Morgan fingerprint density at radius 2 is 1.78 bits per heavy atom. The number of benzene rings is 2. The van der Waals surface area contributed by atoms with Gasteiger partial charge in [0.1, 0.15) is 16.7 Å². The van der Waals surface area contributed by atoms with E-state index in [1.807, 2.05) is 6.07 Å². The van der Waals surface area contributed by atoms with Crippen LogP contribution in [0.3, 0.4) is 0 Å². The number of rotatable bonds is 4. The van der Waals surface area contributed by atoms with Gasteiger partial charge < -0.3 is 0 Å². The van der Waals surface area contributed by atoms with Crippen LogP contribution in [0, 0.1) is 18.3 Å². The Balaban J connectivity index is 2.12. The van der Waals surface area contributed by atoms with Crippen LogP contribution in [0.25, 0.3) is 5.69 Å². The van der Waals surface area contributed by atoms with Crippen LogP contribution in [0.15, 0.2) is 68.4 Å². The number of azo groups is 1. The number of hydrogen-bond donors (Lipinski definition) is 2. The molecule has 0 spiro atoms. The summed E-state index contributed by atoms with van der Waals surface area (Å²) in [7, 11) is -4.54. The van der Waals surface area contributed by atoms with Crippen molar-refractivity contribution in [2.45, 2.75) is 11.8 Å². The van der Waals surface area contributed by atoms with Gasteiger partial charge in [-0.2, -0.15) is 13.7 Å². The van der Waals surface area contributed by atoms with Crippen molar-refractivity contribution in [3.05, 3.63) is 70.1 Å². The fourth-order valence-corrected chi connectivity index (χ4v) is 3.12. The molecule has 0 fully saturated rings. The van der Waals surface area contributed by atoms with Gasteiger partial charge in [0.2, 0.25) is 0 Å². The van der Waals surface area contributed by atoms with Gasteiger partial charge in [-0.15, -0.1) is 10.2 Å². The highest BCUT2D eigenvalue weighted by molar-refractivity contribution is 7.86. The van der Waals surface area contributed by atoms with E-state index in [0.717, 1.165) is 4.68 Å². The fraction of sp³-hybridized carbons (Fsp3) is 0.0588. The van der Waals surface area contributed by atoms with Gasteiger partial charge in [-0.05, 0) is 31.2 Å². The average molecular weight is 383 g/mol. The van der Waals surface area contributed by atoms with E-state index in [2.05, 4.69) is 15.3 Å². The first-order valence-electron chi connectivity index (χ1n) is 7.62.